The molecule has 0 aromatic heterocycles. The summed E-state index contributed by atoms with van der Waals surface area (Å²) in [7, 11) is 0. The third-order valence-corrected chi connectivity index (χ3v) is 6.23. The van der Waals surface area contributed by atoms with Crippen molar-refractivity contribution in [2.75, 3.05) is 13.3 Å². The summed E-state index contributed by atoms with van der Waals surface area (Å²) in [6, 6.07) is 5.82. The van der Waals surface area contributed by atoms with Gasteiger partial charge in [0.25, 0.3) is 5.91 Å². The molecule has 1 aromatic carbocycles. The molecule has 0 bridgehead atoms. The predicted molar refractivity (Wildman–Crippen MR) is 107 cm³/mol. The quantitative estimate of drug-likeness (QED) is 0.601. The van der Waals surface area contributed by atoms with Gasteiger partial charge >= 0.3 is 0 Å². The van der Waals surface area contributed by atoms with E-state index < -0.39 is 0 Å². The topological polar surface area (TPSA) is 67.9 Å². The summed E-state index contributed by atoms with van der Waals surface area (Å²) in [4.78, 5) is 26.8. The summed E-state index contributed by atoms with van der Waals surface area (Å²) in [5, 5.41) is 3.04. The van der Waals surface area contributed by atoms with E-state index in [1.54, 1.807) is 6.08 Å². The van der Waals surface area contributed by atoms with Gasteiger partial charge in [0.05, 0.1) is 4.91 Å². The lowest BCUT2D eigenvalue weighted by molar-refractivity contribution is -0.124. The van der Waals surface area contributed by atoms with Gasteiger partial charge in [0.15, 0.2) is 11.5 Å². The zero-order valence-corrected chi connectivity index (χ0v) is 16.4. The van der Waals surface area contributed by atoms with E-state index >= 15 is 0 Å². The van der Waals surface area contributed by atoms with E-state index in [0.717, 1.165) is 18.4 Å². The van der Waals surface area contributed by atoms with Crippen LogP contribution in [-0.4, -0.2) is 40.4 Å². The lowest BCUT2D eigenvalue weighted by Gasteiger charge is -2.16. The number of carbonyl (C=O) groups is 2. The SMILES string of the molecule is O=C(CCN1C(=O)/C(=C/c2ccc3c(c2)OCO3)SC1=S)NC1CCCC1. The number of thioether (sulfide) groups is 1. The first-order valence-corrected chi connectivity index (χ1v) is 10.3. The maximum Gasteiger partial charge on any atom is 0.266 e. The maximum atomic E-state index is 12.7. The minimum Gasteiger partial charge on any atom is -0.454 e. The Morgan fingerprint density at radius 2 is 2.07 bits per heavy atom. The smallest absolute Gasteiger partial charge is 0.266 e. The number of amides is 2. The van der Waals surface area contributed by atoms with Gasteiger partial charge in [-0.3, -0.25) is 14.5 Å². The molecule has 1 aliphatic carbocycles. The number of nitrogens with zero attached hydrogens (tertiary/aromatic N) is 1. The van der Waals surface area contributed by atoms with Crippen molar-refractivity contribution in [3.63, 3.8) is 0 Å². The van der Waals surface area contributed by atoms with Gasteiger partial charge in [-0.1, -0.05) is 42.9 Å². The van der Waals surface area contributed by atoms with Crippen molar-refractivity contribution in [3.05, 3.63) is 28.7 Å². The van der Waals surface area contributed by atoms with E-state index in [1.165, 1.54) is 29.5 Å². The molecule has 8 heteroatoms. The van der Waals surface area contributed by atoms with Crippen LogP contribution < -0.4 is 14.8 Å². The lowest BCUT2D eigenvalue weighted by Crippen LogP contribution is -2.37. The van der Waals surface area contributed by atoms with Gasteiger partial charge in [-0.05, 0) is 36.6 Å². The lowest BCUT2D eigenvalue weighted by atomic mass is 10.2. The van der Waals surface area contributed by atoms with Crippen LogP contribution in [0.3, 0.4) is 0 Å². The highest BCUT2D eigenvalue weighted by Crippen LogP contribution is 2.36. The molecule has 2 amide bonds. The molecule has 0 radical (unpaired) electrons. The van der Waals surface area contributed by atoms with Gasteiger partial charge in [-0.15, -0.1) is 0 Å². The second kappa shape index (κ2) is 7.90. The van der Waals surface area contributed by atoms with Crippen molar-refractivity contribution in [2.45, 2.75) is 38.1 Å². The van der Waals surface area contributed by atoms with Crippen molar-refractivity contribution < 1.29 is 19.1 Å². The van der Waals surface area contributed by atoms with E-state index in [4.69, 9.17) is 21.7 Å². The molecule has 1 N–H and O–H groups in total. The third kappa shape index (κ3) is 4.11. The molecule has 6 nitrogen and oxygen atoms in total. The van der Waals surface area contributed by atoms with Gasteiger partial charge in [0, 0.05) is 19.0 Å². The Labute approximate surface area is 167 Å². The van der Waals surface area contributed by atoms with Gasteiger partial charge in [-0.25, -0.2) is 0 Å². The van der Waals surface area contributed by atoms with Crippen LogP contribution in [0.4, 0.5) is 0 Å². The molecular formula is C19H20N2O4S2. The summed E-state index contributed by atoms with van der Waals surface area (Å²) in [6.07, 6.45) is 6.49. The summed E-state index contributed by atoms with van der Waals surface area (Å²) < 4.78 is 11.2. The molecule has 0 atom stereocenters. The molecule has 0 unspecified atom stereocenters. The van der Waals surface area contributed by atoms with E-state index in [0.29, 0.717) is 27.3 Å². The first kappa shape index (κ1) is 18.3. The standard InChI is InChI=1S/C19H20N2O4S2/c22-17(20-13-3-1-2-4-13)7-8-21-18(23)16(27-19(21)26)10-12-5-6-14-15(9-12)25-11-24-14/h5-6,9-10,13H,1-4,7-8,11H2,(H,20,22)/b16-10-. The number of rotatable bonds is 5. The van der Waals surface area contributed by atoms with Crippen molar-refractivity contribution in [2.24, 2.45) is 0 Å². The maximum absolute atomic E-state index is 12.7. The largest absolute Gasteiger partial charge is 0.454 e. The van der Waals surface area contributed by atoms with Crippen LogP contribution in [0.15, 0.2) is 23.1 Å². The molecule has 2 heterocycles. The van der Waals surface area contributed by atoms with E-state index in [1.807, 2.05) is 18.2 Å². The summed E-state index contributed by atoms with van der Waals surface area (Å²) in [5.74, 6) is 1.20. The minimum atomic E-state index is -0.156. The van der Waals surface area contributed by atoms with Crippen LogP contribution in [0.5, 0.6) is 11.5 Å². The summed E-state index contributed by atoms with van der Waals surface area (Å²) in [6.45, 7) is 0.519. The van der Waals surface area contributed by atoms with E-state index in [2.05, 4.69) is 5.32 Å². The molecule has 1 saturated carbocycles. The van der Waals surface area contributed by atoms with Crippen molar-refractivity contribution >= 4 is 46.2 Å². The fourth-order valence-electron chi connectivity index (χ4n) is 3.43. The van der Waals surface area contributed by atoms with Gasteiger partial charge in [0.2, 0.25) is 12.7 Å². The number of ether oxygens (including phenoxy) is 2. The average Bonchev–Trinajstić information content (AvgIpc) is 3.36. The summed E-state index contributed by atoms with van der Waals surface area (Å²) in [5.41, 5.74) is 0.846. The Morgan fingerprint density at radius 3 is 2.89 bits per heavy atom. The van der Waals surface area contributed by atoms with Gasteiger partial charge < -0.3 is 14.8 Å². The molecule has 142 valence electrons. The Morgan fingerprint density at radius 1 is 1.30 bits per heavy atom. The van der Waals surface area contributed by atoms with Crippen LogP contribution in [-0.2, 0) is 9.59 Å². The fraction of sp³-hybridized carbons (Fsp3) is 0.421. The minimum absolute atomic E-state index is 0.0179. The highest BCUT2D eigenvalue weighted by Gasteiger charge is 2.32. The highest BCUT2D eigenvalue weighted by molar-refractivity contribution is 8.26. The first-order chi connectivity index (χ1) is 13.1. The third-order valence-electron chi connectivity index (χ3n) is 4.85. The van der Waals surface area contributed by atoms with Crippen LogP contribution >= 0.6 is 24.0 Å². The Hall–Kier alpha value is -2.06. The number of thiocarbonyl (C=S) groups is 1. The molecule has 27 heavy (non-hydrogen) atoms. The first-order valence-electron chi connectivity index (χ1n) is 9.04. The van der Waals surface area contributed by atoms with Crippen molar-refractivity contribution in [3.8, 4) is 11.5 Å². The van der Waals surface area contributed by atoms with Crippen molar-refractivity contribution in [1.82, 2.24) is 10.2 Å². The second-order valence-corrected chi connectivity index (χ2v) is 8.42. The fourth-order valence-corrected chi connectivity index (χ4v) is 4.74. The molecule has 1 saturated heterocycles. The monoisotopic (exact) mass is 404 g/mol. The molecule has 2 aliphatic heterocycles. The number of hydrogen-bond donors (Lipinski definition) is 1. The molecule has 0 spiro atoms. The van der Waals surface area contributed by atoms with Crippen LogP contribution in [0.25, 0.3) is 6.08 Å². The number of hydrogen-bond acceptors (Lipinski definition) is 6. The van der Waals surface area contributed by atoms with Gasteiger partial charge in [-0.2, -0.15) is 0 Å². The number of nitrogens with one attached hydrogen (secondary N) is 1. The normalized spacial score (nSPS) is 20.7. The molecular weight excluding hydrogens is 384 g/mol. The van der Waals surface area contributed by atoms with E-state index in [9.17, 15) is 9.59 Å². The Balaban J connectivity index is 1.37. The molecule has 4 rings (SSSR count). The van der Waals surface area contributed by atoms with Gasteiger partial charge in [0.1, 0.15) is 4.32 Å². The van der Waals surface area contributed by atoms with Crippen molar-refractivity contribution in [1.29, 1.82) is 0 Å². The van der Waals surface area contributed by atoms with Crippen LogP contribution in [0.2, 0.25) is 0 Å². The Kier molecular flexibility index (Phi) is 5.36. The zero-order valence-electron chi connectivity index (χ0n) is 14.7. The van der Waals surface area contributed by atoms with Crippen LogP contribution in [0.1, 0.15) is 37.7 Å². The average molecular weight is 405 g/mol. The molecule has 1 aromatic rings. The van der Waals surface area contributed by atoms with Crippen LogP contribution in [0, 0.1) is 0 Å². The molecule has 2 fully saturated rings. The zero-order chi connectivity index (χ0) is 18.8. The number of fused-ring (bicyclic) bond motifs is 1. The number of benzene rings is 1. The summed E-state index contributed by atoms with van der Waals surface area (Å²) >= 11 is 6.60. The Bertz CT molecular complexity index is 818. The predicted octanol–water partition coefficient (Wildman–Crippen LogP) is 3.07. The van der Waals surface area contributed by atoms with E-state index in [-0.39, 0.29) is 31.1 Å². The second-order valence-electron chi connectivity index (χ2n) is 6.74. The highest BCUT2D eigenvalue weighted by atomic mass is 32.2. The molecule has 3 aliphatic rings. The number of carbonyl (C=O) groups excluding carboxylic acids is 2.